The molecule has 4 amide bonds. The number of amides is 4. The molecule has 0 aromatic heterocycles. The number of hydrogen-bond acceptors (Lipinski definition) is 5. The molecule has 0 saturated carbocycles. The van der Waals surface area contributed by atoms with E-state index in [-0.39, 0.29) is 36.5 Å². The Morgan fingerprint density at radius 1 is 0.786 bits per heavy atom. The highest BCUT2D eigenvalue weighted by Gasteiger charge is 2.22. The van der Waals surface area contributed by atoms with E-state index in [2.05, 4.69) is 34.9 Å². The molecule has 0 bridgehead atoms. The van der Waals surface area contributed by atoms with E-state index in [1.165, 1.54) is 23.3 Å². The average molecular weight is 625 g/mol. The van der Waals surface area contributed by atoms with E-state index in [0.717, 1.165) is 30.6 Å². The van der Waals surface area contributed by atoms with E-state index in [1.807, 2.05) is 0 Å². The number of carbonyl (C=O) groups is 5. The number of halogens is 2. The Labute approximate surface area is 258 Å². The first-order valence-electron chi connectivity index (χ1n) is 14.8. The number of rotatable bonds is 22. The minimum atomic E-state index is -1.09. The van der Waals surface area contributed by atoms with Crippen molar-refractivity contribution in [1.29, 1.82) is 0 Å². The Morgan fingerprint density at radius 2 is 1.43 bits per heavy atom. The minimum absolute atomic E-state index is 0.0336. The lowest BCUT2D eigenvalue weighted by atomic mass is 9.92. The molecule has 42 heavy (non-hydrogen) atoms. The van der Waals surface area contributed by atoms with Crippen LogP contribution in [0.3, 0.4) is 0 Å². The number of aliphatic carboxylic acids is 1. The van der Waals surface area contributed by atoms with Crippen LogP contribution in [0, 0.1) is 0 Å². The van der Waals surface area contributed by atoms with Crippen LogP contribution in [0.2, 0.25) is 0 Å². The van der Waals surface area contributed by atoms with E-state index >= 15 is 0 Å². The number of hydrogen-bond donors (Lipinski definition) is 3. The summed E-state index contributed by atoms with van der Waals surface area (Å²) in [5.41, 5.74) is 2.42. The maximum Gasteiger partial charge on any atom is 0.326 e. The first-order valence-corrected chi connectivity index (χ1v) is 15.8. The number of carboxylic acids is 1. The quantitative estimate of drug-likeness (QED) is 0.0974. The minimum Gasteiger partial charge on any atom is -0.480 e. The van der Waals surface area contributed by atoms with Crippen LogP contribution in [0.4, 0.5) is 0 Å². The molecule has 11 heteroatoms. The van der Waals surface area contributed by atoms with Crippen molar-refractivity contribution >= 4 is 52.8 Å². The zero-order valence-electron chi connectivity index (χ0n) is 24.1. The van der Waals surface area contributed by atoms with Crippen molar-refractivity contribution in [2.45, 2.75) is 89.0 Å². The summed E-state index contributed by atoms with van der Waals surface area (Å²) < 4.78 is 0. The molecule has 0 saturated heterocycles. The van der Waals surface area contributed by atoms with Gasteiger partial charge in [0.2, 0.25) is 11.8 Å². The van der Waals surface area contributed by atoms with E-state index < -0.39 is 12.0 Å². The van der Waals surface area contributed by atoms with Crippen molar-refractivity contribution in [3.05, 3.63) is 47.5 Å². The van der Waals surface area contributed by atoms with Crippen LogP contribution in [0.5, 0.6) is 0 Å². The molecule has 1 aromatic rings. The van der Waals surface area contributed by atoms with Gasteiger partial charge >= 0.3 is 5.97 Å². The number of benzene rings is 1. The van der Waals surface area contributed by atoms with E-state index in [4.69, 9.17) is 23.2 Å². The Balaban J connectivity index is 1.54. The van der Waals surface area contributed by atoms with Crippen molar-refractivity contribution in [2.24, 2.45) is 0 Å². The summed E-state index contributed by atoms with van der Waals surface area (Å²) >= 11 is 11.8. The summed E-state index contributed by atoms with van der Waals surface area (Å²) in [5, 5.41) is 14.9. The van der Waals surface area contributed by atoms with Crippen LogP contribution in [0.15, 0.2) is 36.4 Å². The molecule has 1 atom stereocenters. The predicted octanol–water partition coefficient (Wildman–Crippen LogP) is 4.69. The highest BCUT2D eigenvalue weighted by molar-refractivity contribution is 6.18. The summed E-state index contributed by atoms with van der Waals surface area (Å²) in [7, 11) is 0. The number of alkyl halides is 2. The van der Waals surface area contributed by atoms with Crippen molar-refractivity contribution in [1.82, 2.24) is 15.5 Å². The molecule has 0 radical (unpaired) electrons. The molecule has 1 aromatic carbocycles. The van der Waals surface area contributed by atoms with Crippen LogP contribution in [-0.4, -0.2) is 70.5 Å². The lowest BCUT2D eigenvalue weighted by molar-refractivity contribution is -0.142. The normalized spacial score (nSPS) is 13.5. The second kappa shape index (κ2) is 20.1. The van der Waals surface area contributed by atoms with Gasteiger partial charge in [0.05, 0.1) is 0 Å². The molecular weight excluding hydrogens is 581 g/mol. The van der Waals surface area contributed by atoms with E-state index in [1.54, 1.807) is 0 Å². The fourth-order valence-electron chi connectivity index (χ4n) is 4.85. The van der Waals surface area contributed by atoms with Gasteiger partial charge in [0.25, 0.3) is 11.8 Å². The van der Waals surface area contributed by atoms with E-state index in [9.17, 15) is 29.1 Å². The number of unbranched alkanes of at least 4 members (excludes halogenated alkanes) is 3. The molecule has 0 aliphatic carbocycles. The third-order valence-electron chi connectivity index (χ3n) is 7.30. The second-order valence-corrected chi connectivity index (χ2v) is 11.3. The summed E-state index contributed by atoms with van der Waals surface area (Å²) in [6, 6.07) is 7.45. The average Bonchev–Trinajstić information content (AvgIpc) is 3.28. The summed E-state index contributed by atoms with van der Waals surface area (Å²) in [4.78, 5) is 60.2. The van der Waals surface area contributed by atoms with Crippen LogP contribution < -0.4 is 10.6 Å². The zero-order chi connectivity index (χ0) is 30.7. The van der Waals surface area contributed by atoms with Crippen molar-refractivity contribution in [2.75, 3.05) is 24.8 Å². The molecule has 232 valence electrons. The number of aryl methyl sites for hydroxylation is 1. The molecule has 1 unspecified atom stereocenters. The van der Waals surface area contributed by atoms with Crippen molar-refractivity contribution in [3.8, 4) is 0 Å². The van der Waals surface area contributed by atoms with Gasteiger partial charge in [-0.3, -0.25) is 24.1 Å². The summed E-state index contributed by atoms with van der Waals surface area (Å²) in [5.74, 6) is -0.544. The number of carboxylic acid groups (broad SMARTS) is 1. The highest BCUT2D eigenvalue weighted by Crippen LogP contribution is 2.25. The Hall–Kier alpha value is -2.91. The number of nitrogens with zero attached hydrogens (tertiary/aromatic N) is 1. The smallest absolute Gasteiger partial charge is 0.326 e. The van der Waals surface area contributed by atoms with Gasteiger partial charge in [0, 0.05) is 49.8 Å². The zero-order valence-corrected chi connectivity index (χ0v) is 25.6. The van der Waals surface area contributed by atoms with Gasteiger partial charge in [-0.05, 0) is 74.8 Å². The first-order chi connectivity index (χ1) is 20.2. The maximum atomic E-state index is 12.2. The van der Waals surface area contributed by atoms with Gasteiger partial charge in [0.15, 0.2) is 0 Å². The molecule has 3 N–H and O–H groups in total. The molecule has 0 spiro atoms. The monoisotopic (exact) mass is 623 g/mol. The van der Waals surface area contributed by atoms with Gasteiger partial charge in [0.1, 0.15) is 6.04 Å². The van der Waals surface area contributed by atoms with Gasteiger partial charge < -0.3 is 15.7 Å². The van der Waals surface area contributed by atoms with Gasteiger partial charge in [-0.1, -0.05) is 30.7 Å². The van der Waals surface area contributed by atoms with Crippen LogP contribution in [0.1, 0.15) is 87.7 Å². The number of imide groups is 1. The Morgan fingerprint density at radius 3 is 2.05 bits per heavy atom. The van der Waals surface area contributed by atoms with Gasteiger partial charge in [-0.2, -0.15) is 0 Å². The van der Waals surface area contributed by atoms with Crippen LogP contribution in [0.25, 0.3) is 0 Å². The molecule has 1 heterocycles. The van der Waals surface area contributed by atoms with Gasteiger partial charge in [-0.25, -0.2) is 4.79 Å². The van der Waals surface area contributed by atoms with Crippen LogP contribution >= 0.6 is 23.2 Å². The Bertz CT molecular complexity index is 1040. The molecule has 2 rings (SSSR count). The second-order valence-electron chi connectivity index (χ2n) is 10.5. The summed E-state index contributed by atoms with van der Waals surface area (Å²) in [6.45, 7) is 0.758. The van der Waals surface area contributed by atoms with Crippen molar-refractivity contribution in [3.63, 3.8) is 0 Å². The predicted molar refractivity (Wildman–Crippen MR) is 164 cm³/mol. The van der Waals surface area contributed by atoms with Gasteiger partial charge in [-0.15, -0.1) is 23.2 Å². The molecule has 0 fully saturated rings. The lowest BCUT2D eigenvalue weighted by Gasteiger charge is -2.15. The number of carbonyl (C=O) groups excluding carboxylic acids is 4. The SMILES string of the molecule is O=C(CCCc1ccc(C(CCCl)CCCl)cc1)NCCCCC(NC(=O)CCCCCN1C(=O)C=CC1=O)C(=O)O. The third kappa shape index (κ3) is 13.4. The van der Waals surface area contributed by atoms with E-state index in [0.29, 0.717) is 69.3 Å². The summed E-state index contributed by atoms with van der Waals surface area (Å²) in [6.07, 6.45) is 9.58. The van der Waals surface area contributed by atoms with Crippen molar-refractivity contribution < 1.29 is 29.1 Å². The highest BCUT2D eigenvalue weighted by atomic mass is 35.5. The fraction of sp³-hybridized carbons (Fsp3) is 0.581. The number of nitrogens with one attached hydrogen (secondary N) is 2. The molecule has 9 nitrogen and oxygen atoms in total. The lowest BCUT2D eigenvalue weighted by Crippen LogP contribution is -2.40. The first kappa shape index (κ1) is 35.3. The van der Waals surface area contributed by atoms with Crippen LogP contribution in [-0.2, 0) is 30.4 Å². The molecule has 1 aliphatic rings. The molecular formula is C31H43Cl2N3O6. The third-order valence-corrected chi connectivity index (χ3v) is 7.73. The topological polar surface area (TPSA) is 133 Å². The maximum absolute atomic E-state index is 12.2. The fourth-order valence-corrected chi connectivity index (χ4v) is 5.37. The molecule has 1 aliphatic heterocycles. The largest absolute Gasteiger partial charge is 0.480 e. The Kier molecular flexibility index (Phi) is 16.9. The standard InChI is InChI=1S/C31H43Cl2N3O6/c32-19-17-25(18-20-33)24-13-11-23(12-14-24)7-6-10-27(37)34-21-4-3-8-26(31(41)42)35-28(38)9-2-1-5-22-36-29(39)15-16-30(36)40/h11-16,25-26H,1-10,17-22H2,(H,34,37)(H,35,38)(H,41,42).